The van der Waals surface area contributed by atoms with Crippen molar-refractivity contribution < 1.29 is 29.1 Å². The molecule has 11 heteroatoms. The van der Waals surface area contributed by atoms with Gasteiger partial charge >= 0.3 is 5.97 Å². The number of rotatable bonds is 15. The fourth-order valence-corrected chi connectivity index (χ4v) is 3.19. The first-order valence-corrected chi connectivity index (χ1v) is 11.3. The van der Waals surface area contributed by atoms with Gasteiger partial charge in [-0.2, -0.15) is 0 Å². The maximum absolute atomic E-state index is 13.0. The molecule has 0 rings (SSSR count). The molecule has 190 valence electrons. The van der Waals surface area contributed by atoms with Crippen LogP contribution in [0.25, 0.3) is 0 Å². The van der Waals surface area contributed by atoms with Gasteiger partial charge in [0.1, 0.15) is 18.1 Å². The molecule has 0 heterocycles. The molecule has 0 aliphatic carbocycles. The van der Waals surface area contributed by atoms with E-state index in [4.69, 9.17) is 11.5 Å². The van der Waals surface area contributed by atoms with Gasteiger partial charge in [-0.15, -0.1) is 0 Å². The summed E-state index contributed by atoms with van der Waals surface area (Å²) in [6.45, 7) is 10.8. The summed E-state index contributed by atoms with van der Waals surface area (Å²) in [4.78, 5) is 60.9. The zero-order chi connectivity index (χ0) is 25.9. The molecular formula is C22H41N5O6. The third kappa shape index (κ3) is 12.2. The van der Waals surface area contributed by atoms with E-state index in [9.17, 15) is 29.1 Å². The van der Waals surface area contributed by atoms with E-state index in [1.807, 2.05) is 27.7 Å². The normalized spacial score (nSPS) is 15.0. The van der Waals surface area contributed by atoms with Crippen molar-refractivity contribution in [1.82, 2.24) is 16.0 Å². The van der Waals surface area contributed by atoms with Crippen LogP contribution in [0, 0.1) is 17.8 Å². The Balaban J connectivity index is 5.55. The number of nitrogens with one attached hydrogen (secondary N) is 3. The molecule has 0 spiro atoms. The van der Waals surface area contributed by atoms with E-state index in [2.05, 4.69) is 16.0 Å². The summed E-state index contributed by atoms with van der Waals surface area (Å²) in [5.41, 5.74) is 11.1. The van der Waals surface area contributed by atoms with Crippen LogP contribution < -0.4 is 27.4 Å². The topological polar surface area (TPSA) is 194 Å². The van der Waals surface area contributed by atoms with Gasteiger partial charge in [-0.3, -0.25) is 19.2 Å². The number of nitrogens with two attached hydrogens (primary N) is 2. The summed E-state index contributed by atoms with van der Waals surface area (Å²) in [7, 11) is 0. The highest BCUT2D eigenvalue weighted by Gasteiger charge is 2.31. The minimum Gasteiger partial charge on any atom is -0.480 e. The van der Waals surface area contributed by atoms with Crippen molar-refractivity contribution in [3.8, 4) is 0 Å². The van der Waals surface area contributed by atoms with Crippen molar-refractivity contribution in [1.29, 1.82) is 0 Å². The van der Waals surface area contributed by atoms with Gasteiger partial charge in [-0.1, -0.05) is 41.5 Å². The smallest absolute Gasteiger partial charge is 0.326 e. The Bertz CT molecular complexity index is 695. The third-order valence-corrected chi connectivity index (χ3v) is 4.95. The molecule has 4 amide bonds. The molecule has 11 nitrogen and oxygen atoms in total. The van der Waals surface area contributed by atoms with Crippen LogP contribution in [0.3, 0.4) is 0 Å². The number of carbonyl (C=O) groups excluding carboxylic acids is 4. The second-order valence-electron chi connectivity index (χ2n) is 9.56. The number of primary amides is 1. The van der Waals surface area contributed by atoms with Gasteiger partial charge in [0.05, 0.1) is 6.04 Å². The molecule has 0 aliphatic heterocycles. The van der Waals surface area contributed by atoms with E-state index in [-0.39, 0.29) is 37.0 Å². The molecule has 0 bridgehead atoms. The third-order valence-electron chi connectivity index (χ3n) is 4.95. The van der Waals surface area contributed by atoms with Crippen LogP contribution in [0.4, 0.5) is 0 Å². The van der Waals surface area contributed by atoms with E-state index >= 15 is 0 Å². The fourth-order valence-electron chi connectivity index (χ4n) is 3.19. The van der Waals surface area contributed by atoms with Gasteiger partial charge in [0.2, 0.25) is 23.6 Å². The van der Waals surface area contributed by atoms with Gasteiger partial charge in [0, 0.05) is 6.42 Å². The SMILES string of the molecule is CC(C)CC(N)C(=O)NC(CCC(N)=O)C(=O)NC(CC(C)C)C(=O)NC(C(=O)O)C(C)C. The van der Waals surface area contributed by atoms with E-state index in [0.29, 0.717) is 6.42 Å². The van der Waals surface area contributed by atoms with Crippen LogP contribution >= 0.6 is 0 Å². The summed E-state index contributed by atoms with van der Waals surface area (Å²) in [6.07, 6.45) is 0.417. The molecule has 0 aromatic heterocycles. The van der Waals surface area contributed by atoms with Crippen molar-refractivity contribution in [3.05, 3.63) is 0 Å². The highest BCUT2D eigenvalue weighted by molar-refractivity contribution is 5.94. The molecule has 0 fully saturated rings. The number of carboxylic acid groups (broad SMARTS) is 1. The molecule has 8 N–H and O–H groups in total. The van der Waals surface area contributed by atoms with Crippen molar-refractivity contribution in [2.75, 3.05) is 0 Å². The van der Waals surface area contributed by atoms with Crippen LogP contribution in [-0.4, -0.2) is 58.9 Å². The van der Waals surface area contributed by atoms with Gasteiger partial charge in [-0.25, -0.2) is 4.79 Å². The minimum atomic E-state index is -1.18. The maximum atomic E-state index is 13.0. The number of hydrogen-bond donors (Lipinski definition) is 6. The van der Waals surface area contributed by atoms with E-state index in [0.717, 1.165) is 0 Å². The molecule has 33 heavy (non-hydrogen) atoms. The van der Waals surface area contributed by atoms with Gasteiger partial charge in [0.15, 0.2) is 0 Å². The lowest BCUT2D eigenvalue weighted by Crippen LogP contribution is -2.58. The summed E-state index contributed by atoms with van der Waals surface area (Å²) >= 11 is 0. The Labute approximate surface area is 195 Å². The highest BCUT2D eigenvalue weighted by Crippen LogP contribution is 2.10. The molecule has 0 saturated heterocycles. The fraction of sp³-hybridized carbons (Fsp3) is 0.773. The van der Waals surface area contributed by atoms with Crippen molar-refractivity contribution in [3.63, 3.8) is 0 Å². The first kappa shape index (κ1) is 30.3. The van der Waals surface area contributed by atoms with E-state index in [1.54, 1.807) is 13.8 Å². The monoisotopic (exact) mass is 471 g/mol. The Morgan fingerprint density at radius 2 is 1.24 bits per heavy atom. The quantitative estimate of drug-likeness (QED) is 0.191. The zero-order valence-corrected chi connectivity index (χ0v) is 20.5. The first-order chi connectivity index (χ1) is 15.1. The predicted molar refractivity (Wildman–Crippen MR) is 124 cm³/mol. The summed E-state index contributed by atoms with van der Waals surface area (Å²) in [6, 6.07) is -4.13. The minimum absolute atomic E-state index is 0.00139. The van der Waals surface area contributed by atoms with E-state index < -0.39 is 53.8 Å². The van der Waals surface area contributed by atoms with Crippen LogP contribution in [0.2, 0.25) is 0 Å². The lowest BCUT2D eigenvalue weighted by molar-refractivity contribution is -0.143. The van der Waals surface area contributed by atoms with Gasteiger partial charge in [-0.05, 0) is 37.0 Å². The standard InChI is InChI=1S/C22H41N5O6/c1-11(2)9-14(23)19(29)25-15(7-8-17(24)28)20(30)26-16(10-12(3)4)21(31)27-18(13(5)6)22(32)33/h11-16,18H,7-10,23H2,1-6H3,(H2,24,28)(H,25,29)(H,26,30)(H,27,31)(H,32,33). The number of amides is 4. The molecule has 0 aliphatic rings. The summed E-state index contributed by atoms with van der Waals surface area (Å²) in [5, 5.41) is 16.9. The lowest BCUT2D eigenvalue weighted by atomic mass is 9.99. The van der Waals surface area contributed by atoms with E-state index in [1.165, 1.54) is 0 Å². The molecular weight excluding hydrogens is 430 g/mol. The Morgan fingerprint density at radius 3 is 1.67 bits per heavy atom. The Morgan fingerprint density at radius 1 is 0.758 bits per heavy atom. The number of carbonyl (C=O) groups is 5. The van der Waals surface area contributed by atoms with Crippen molar-refractivity contribution in [2.45, 2.75) is 91.4 Å². The maximum Gasteiger partial charge on any atom is 0.326 e. The highest BCUT2D eigenvalue weighted by atomic mass is 16.4. The van der Waals surface area contributed by atoms with Gasteiger partial charge in [0.25, 0.3) is 0 Å². The summed E-state index contributed by atoms with van der Waals surface area (Å²) < 4.78 is 0. The molecule has 4 unspecified atom stereocenters. The van der Waals surface area contributed by atoms with Gasteiger partial charge < -0.3 is 32.5 Å². The van der Waals surface area contributed by atoms with Crippen LogP contribution in [-0.2, 0) is 24.0 Å². The predicted octanol–water partition coefficient (Wildman–Crippen LogP) is -0.134. The number of aliphatic carboxylic acids is 1. The Kier molecular flexibility index (Phi) is 13.3. The lowest BCUT2D eigenvalue weighted by Gasteiger charge is -2.27. The van der Waals surface area contributed by atoms with Crippen molar-refractivity contribution >= 4 is 29.6 Å². The zero-order valence-electron chi connectivity index (χ0n) is 20.5. The largest absolute Gasteiger partial charge is 0.480 e. The number of hydrogen-bond acceptors (Lipinski definition) is 6. The van der Waals surface area contributed by atoms with Crippen LogP contribution in [0.5, 0.6) is 0 Å². The number of carboxylic acids is 1. The average molecular weight is 472 g/mol. The van der Waals surface area contributed by atoms with Crippen LogP contribution in [0.15, 0.2) is 0 Å². The summed E-state index contributed by atoms with van der Waals surface area (Å²) in [5.74, 6) is -3.92. The molecule has 0 aromatic rings. The second-order valence-corrected chi connectivity index (χ2v) is 9.56. The average Bonchev–Trinajstić information content (AvgIpc) is 2.66. The molecule has 0 radical (unpaired) electrons. The molecule has 0 aromatic carbocycles. The molecule has 0 saturated carbocycles. The first-order valence-electron chi connectivity index (χ1n) is 11.3. The van der Waals surface area contributed by atoms with Crippen molar-refractivity contribution in [2.24, 2.45) is 29.2 Å². The Hall–Kier alpha value is -2.69. The molecule has 4 atom stereocenters. The van der Waals surface area contributed by atoms with Crippen LogP contribution in [0.1, 0.15) is 67.2 Å². The second kappa shape index (κ2) is 14.5.